The number of methoxy groups -OCH3 is 1. The number of benzene rings is 2. The molecule has 0 unspecified atom stereocenters. The molecule has 0 bridgehead atoms. The number of rotatable bonds is 9. The van der Waals surface area contributed by atoms with Gasteiger partial charge < -0.3 is 25.2 Å². The van der Waals surface area contributed by atoms with Crippen molar-refractivity contribution in [2.45, 2.75) is 6.92 Å². The van der Waals surface area contributed by atoms with Gasteiger partial charge in [-0.25, -0.2) is 0 Å². The molecule has 2 aromatic rings. The number of para-hydroxylation sites is 1. The number of anilines is 1. The average molecular weight is 384 g/mol. The summed E-state index contributed by atoms with van der Waals surface area (Å²) in [6.07, 6.45) is 3.02. The second-order valence-electron chi connectivity index (χ2n) is 5.69. The molecule has 0 saturated carbocycles. The molecule has 3 N–H and O–H groups in total. The van der Waals surface area contributed by atoms with E-state index in [9.17, 15) is 9.59 Å². The SMILES string of the molecule is CCOc1cc(C=CC(=O)Nc2ccccc2C(=O)NCCO)ccc1OC. The minimum atomic E-state index is -0.379. The average Bonchev–Trinajstić information content (AvgIpc) is 2.71. The maximum absolute atomic E-state index is 12.3. The number of hydrogen-bond acceptors (Lipinski definition) is 5. The molecule has 0 atom stereocenters. The summed E-state index contributed by atoms with van der Waals surface area (Å²) >= 11 is 0. The zero-order valence-corrected chi connectivity index (χ0v) is 15.9. The Bertz CT molecular complexity index is 848. The van der Waals surface area contributed by atoms with Gasteiger partial charge in [0, 0.05) is 12.6 Å². The highest BCUT2D eigenvalue weighted by Crippen LogP contribution is 2.28. The maximum Gasteiger partial charge on any atom is 0.253 e. The Hall–Kier alpha value is -3.32. The predicted octanol–water partition coefficient (Wildman–Crippen LogP) is 2.47. The van der Waals surface area contributed by atoms with Crippen molar-refractivity contribution in [3.8, 4) is 11.5 Å². The Labute approximate surface area is 164 Å². The van der Waals surface area contributed by atoms with Crippen molar-refractivity contribution in [2.24, 2.45) is 0 Å². The van der Waals surface area contributed by atoms with Crippen LogP contribution in [0.1, 0.15) is 22.8 Å². The fraction of sp³-hybridized carbons (Fsp3) is 0.238. The van der Waals surface area contributed by atoms with E-state index in [4.69, 9.17) is 14.6 Å². The lowest BCUT2D eigenvalue weighted by Crippen LogP contribution is -2.27. The fourth-order valence-electron chi connectivity index (χ4n) is 2.47. The third kappa shape index (κ3) is 5.85. The fourth-order valence-corrected chi connectivity index (χ4v) is 2.47. The molecule has 0 saturated heterocycles. The van der Waals surface area contributed by atoms with Gasteiger partial charge in [-0.15, -0.1) is 0 Å². The van der Waals surface area contributed by atoms with Gasteiger partial charge in [-0.05, 0) is 42.8 Å². The first-order valence-corrected chi connectivity index (χ1v) is 8.87. The number of aliphatic hydroxyl groups excluding tert-OH is 1. The number of nitrogens with one attached hydrogen (secondary N) is 2. The van der Waals surface area contributed by atoms with Crippen LogP contribution in [0.25, 0.3) is 6.08 Å². The topological polar surface area (TPSA) is 96.9 Å². The van der Waals surface area contributed by atoms with Crippen molar-refractivity contribution in [3.63, 3.8) is 0 Å². The molecule has 0 aliphatic heterocycles. The van der Waals surface area contributed by atoms with Crippen molar-refractivity contribution >= 4 is 23.6 Å². The van der Waals surface area contributed by atoms with Crippen molar-refractivity contribution in [2.75, 3.05) is 32.2 Å². The molecule has 7 heteroatoms. The molecule has 2 amide bonds. The van der Waals surface area contributed by atoms with Gasteiger partial charge >= 0.3 is 0 Å². The van der Waals surface area contributed by atoms with Gasteiger partial charge in [-0.2, -0.15) is 0 Å². The molecule has 0 aliphatic carbocycles. The van der Waals surface area contributed by atoms with E-state index in [2.05, 4.69) is 10.6 Å². The first kappa shape index (κ1) is 21.0. The van der Waals surface area contributed by atoms with Crippen molar-refractivity contribution < 1.29 is 24.2 Å². The van der Waals surface area contributed by atoms with Crippen LogP contribution < -0.4 is 20.1 Å². The van der Waals surface area contributed by atoms with Crippen LogP contribution in [0.15, 0.2) is 48.5 Å². The molecule has 0 radical (unpaired) electrons. The number of ether oxygens (including phenoxy) is 2. The van der Waals surface area contributed by atoms with E-state index in [1.165, 1.54) is 6.08 Å². The van der Waals surface area contributed by atoms with Gasteiger partial charge in [-0.3, -0.25) is 9.59 Å². The van der Waals surface area contributed by atoms with Crippen LogP contribution in [0.2, 0.25) is 0 Å². The maximum atomic E-state index is 12.3. The quantitative estimate of drug-likeness (QED) is 0.577. The highest BCUT2D eigenvalue weighted by molar-refractivity contribution is 6.07. The molecule has 0 fully saturated rings. The van der Waals surface area contributed by atoms with Crippen LogP contribution in [-0.2, 0) is 4.79 Å². The molecular formula is C21H24N2O5. The lowest BCUT2D eigenvalue weighted by molar-refractivity contribution is -0.111. The van der Waals surface area contributed by atoms with Crippen molar-refractivity contribution in [3.05, 3.63) is 59.7 Å². The van der Waals surface area contributed by atoms with Gasteiger partial charge in [-0.1, -0.05) is 18.2 Å². The normalized spacial score (nSPS) is 10.5. The summed E-state index contributed by atoms with van der Waals surface area (Å²) in [4.78, 5) is 24.4. The Morgan fingerprint density at radius 1 is 1.14 bits per heavy atom. The molecule has 7 nitrogen and oxygen atoms in total. The predicted molar refractivity (Wildman–Crippen MR) is 108 cm³/mol. The third-order valence-corrected chi connectivity index (χ3v) is 3.74. The second-order valence-corrected chi connectivity index (χ2v) is 5.69. The van der Waals surface area contributed by atoms with E-state index in [0.717, 1.165) is 5.56 Å². The molecule has 2 rings (SSSR count). The minimum Gasteiger partial charge on any atom is -0.493 e. The molecule has 0 heterocycles. The van der Waals surface area contributed by atoms with Crippen LogP contribution in [0.3, 0.4) is 0 Å². The molecule has 148 valence electrons. The number of carbonyl (C=O) groups excluding carboxylic acids is 2. The van der Waals surface area contributed by atoms with Crippen LogP contribution in [0.4, 0.5) is 5.69 Å². The molecule has 0 spiro atoms. The van der Waals surface area contributed by atoms with E-state index in [1.54, 1.807) is 55.7 Å². The summed E-state index contributed by atoms with van der Waals surface area (Å²) < 4.78 is 10.8. The molecule has 28 heavy (non-hydrogen) atoms. The first-order valence-electron chi connectivity index (χ1n) is 8.87. The highest BCUT2D eigenvalue weighted by Gasteiger charge is 2.11. The minimum absolute atomic E-state index is 0.140. The van der Waals surface area contributed by atoms with Crippen LogP contribution in [0.5, 0.6) is 11.5 Å². The summed E-state index contributed by atoms with van der Waals surface area (Å²) in [5, 5.41) is 14.1. The Morgan fingerprint density at radius 3 is 2.64 bits per heavy atom. The number of aliphatic hydroxyl groups is 1. The van der Waals surface area contributed by atoms with Crippen molar-refractivity contribution in [1.29, 1.82) is 0 Å². The summed E-state index contributed by atoms with van der Waals surface area (Å²) in [6, 6.07) is 12.0. The van der Waals surface area contributed by atoms with Gasteiger partial charge in [0.05, 0.1) is 31.6 Å². The van der Waals surface area contributed by atoms with Gasteiger partial charge in [0.25, 0.3) is 5.91 Å². The van der Waals surface area contributed by atoms with E-state index >= 15 is 0 Å². The van der Waals surface area contributed by atoms with E-state index in [1.807, 2.05) is 6.92 Å². The van der Waals surface area contributed by atoms with Crippen LogP contribution >= 0.6 is 0 Å². The van der Waals surface area contributed by atoms with Gasteiger partial charge in [0.1, 0.15) is 0 Å². The summed E-state index contributed by atoms with van der Waals surface area (Å²) in [7, 11) is 1.56. The first-order chi connectivity index (χ1) is 13.6. The lowest BCUT2D eigenvalue weighted by Gasteiger charge is -2.10. The zero-order valence-electron chi connectivity index (χ0n) is 15.9. The number of amides is 2. The summed E-state index contributed by atoms with van der Waals surface area (Å²) in [6.45, 7) is 2.36. The standard InChI is InChI=1S/C21H24N2O5/c1-3-28-19-14-15(8-10-18(19)27-2)9-11-20(25)23-17-7-5-4-6-16(17)21(26)22-12-13-24/h4-11,14,24H,3,12-13H2,1-2H3,(H,22,26)(H,23,25). The number of carbonyl (C=O) groups is 2. The van der Waals surface area contributed by atoms with Crippen LogP contribution in [-0.4, -0.2) is 43.8 Å². The van der Waals surface area contributed by atoms with Crippen molar-refractivity contribution in [1.82, 2.24) is 5.32 Å². The molecule has 2 aromatic carbocycles. The molecule has 0 aromatic heterocycles. The monoisotopic (exact) mass is 384 g/mol. The Kier molecular flexibility index (Phi) is 8.05. The third-order valence-electron chi connectivity index (χ3n) is 3.74. The van der Waals surface area contributed by atoms with Gasteiger partial charge in [0.2, 0.25) is 5.91 Å². The Balaban J connectivity index is 2.10. The zero-order chi connectivity index (χ0) is 20.4. The number of hydrogen-bond donors (Lipinski definition) is 3. The van der Waals surface area contributed by atoms with E-state index in [-0.39, 0.29) is 25.0 Å². The van der Waals surface area contributed by atoms with E-state index in [0.29, 0.717) is 29.4 Å². The van der Waals surface area contributed by atoms with Gasteiger partial charge in [0.15, 0.2) is 11.5 Å². The highest BCUT2D eigenvalue weighted by atomic mass is 16.5. The Morgan fingerprint density at radius 2 is 1.93 bits per heavy atom. The summed E-state index contributed by atoms with van der Waals surface area (Å²) in [5.41, 5.74) is 1.48. The largest absolute Gasteiger partial charge is 0.493 e. The van der Waals surface area contributed by atoms with Crippen LogP contribution in [0, 0.1) is 0 Å². The van der Waals surface area contributed by atoms with E-state index < -0.39 is 0 Å². The molecular weight excluding hydrogens is 360 g/mol. The second kappa shape index (κ2) is 10.7. The smallest absolute Gasteiger partial charge is 0.253 e. The molecule has 0 aliphatic rings. The lowest BCUT2D eigenvalue weighted by atomic mass is 10.1. The summed E-state index contributed by atoms with van der Waals surface area (Å²) in [5.74, 6) is 0.464.